The first-order valence-corrected chi connectivity index (χ1v) is 6.98. The number of aromatic nitrogens is 1. The summed E-state index contributed by atoms with van der Waals surface area (Å²) in [4.78, 5) is 16.2. The van der Waals surface area contributed by atoms with Gasteiger partial charge >= 0.3 is 5.97 Å². The average molecular weight is 296 g/mol. The zero-order valence-corrected chi connectivity index (χ0v) is 12.7. The van der Waals surface area contributed by atoms with E-state index < -0.39 is 11.6 Å². The van der Waals surface area contributed by atoms with Gasteiger partial charge in [-0.15, -0.1) is 0 Å². The molecule has 0 spiro atoms. The fourth-order valence-electron chi connectivity index (χ4n) is 1.79. The molecule has 1 aromatic heterocycles. The van der Waals surface area contributed by atoms with Gasteiger partial charge in [0, 0.05) is 0 Å². The second-order valence-corrected chi connectivity index (χ2v) is 5.95. The number of hydrogen-bond acceptors (Lipinski definition) is 4. The smallest absolute Gasteiger partial charge is 0.341 e. The second kappa shape index (κ2) is 5.83. The van der Waals surface area contributed by atoms with Crippen LogP contribution in [0, 0.1) is 0 Å². The van der Waals surface area contributed by atoms with Crippen LogP contribution in [0.5, 0.6) is 0 Å². The van der Waals surface area contributed by atoms with E-state index >= 15 is 0 Å². The number of pyridine rings is 1. The van der Waals surface area contributed by atoms with Crippen molar-refractivity contribution in [3.63, 3.8) is 0 Å². The summed E-state index contributed by atoms with van der Waals surface area (Å²) in [5.74, 6) is 0.244. The molecular formula is C15H18ClNO3. The van der Waals surface area contributed by atoms with Crippen molar-refractivity contribution in [2.75, 3.05) is 6.61 Å². The van der Waals surface area contributed by atoms with Crippen LogP contribution < -0.4 is 0 Å². The zero-order chi connectivity index (χ0) is 14.8. The summed E-state index contributed by atoms with van der Waals surface area (Å²) in [6.45, 7) is 6.10. The standard InChI is InChI=1S/C15H18ClNO3/c1-15(2,3)20-14(18)10-7-8-11(17-13(10)16)12-6-4-5-9-19-12/h6-8H,4-5,9H2,1-3H3. The van der Waals surface area contributed by atoms with Gasteiger partial charge in [-0.1, -0.05) is 11.6 Å². The normalized spacial score (nSPS) is 15.3. The number of carbonyl (C=O) groups is 1. The van der Waals surface area contributed by atoms with Gasteiger partial charge in [-0.25, -0.2) is 9.78 Å². The molecule has 0 atom stereocenters. The highest BCUT2D eigenvalue weighted by Crippen LogP contribution is 2.24. The van der Waals surface area contributed by atoms with E-state index in [-0.39, 0.29) is 10.7 Å². The van der Waals surface area contributed by atoms with Gasteiger partial charge in [-0.05, 0) is 51.8 Å². The van der Waals surface area contributed by atoms with Crippen LogP contribution in [0.2, 0.25) is 5.15 Å². The number of esters is 1. The molecule has 0 aliphatic carbocycles. The SMILES string of the molecule is CC(C)(C)OC(=O)c1ccc(C2=CCCCO2)nc1Cl. The van der Waals surface area contributed by atoms with Crippen molar-refractivity contribution in [1.82, 2.24) is 4.98 Å². The Balaban J connectivity index is 2.21. The third-order valence-corrected chi connectivity index (χ3v) is 2.94. The number of rotatable bonds is 2. The summed E-state index contributed by atoms with van der Waals surface area (Å²) in [6.07, 6.45) is 3.95. The van der Waals surface area contributed by atoms with Crippen LogP contribution in [0.25, 0.3) is 5.76 Å². The zero-order valence-electron chi connectivity index (χ0n) is 11.9. The Morgan fingerprint density at radius 3 is 2.70 bits per heavy atom. The Hall–Kier alpha value is -1.55. The molecule has 1 aromatic rings. The van der Waals surface area contributed by atoms with Gasteiger partial charge in [0.1, 0.15) is 22.2 Å². The summed E-state index contributed by atoms with van der Waals surface area (Å²) >= 11 is 6.08. The maximum atomic E-state index is 12.0. The quantitative estimate of drug-likeness (QED) is 0.614. The van der Waals surface area contributed by atoms with Gasteiger partial charge in [0.2, 0.25) is 0 Å². The molecule has 0 N–H and O–H groups in total. The Morgan fingerprint density at radius 2 is 2.15 bits per heavy atom. The van der Waals surface area contributed by atoms with Gasteiger partial charge in [0.25, 0.3) is 0 Å². The lowest BCUT2D eigenvalue weighted by molar-refractivity contribution is 0.00693. The molecule has 108 valence electrons. The number of allylic oxidation sites excluding steroid dienone is 1. The molecule has 2 heterocycles. The van der Waals surface area contributed by atoms with E-state index in [1.807, 2.05) is 6.08 Å². The Labute approximate surface area is 123 Å². The van der Waals surface area contributed by atoms with Crippen LogP contribution in [-0.2, 0) is 9.47 Å². The van der Waals surface area contributed by atoms with E-state index in [2.05, 4.69) is 4.98 Å². The molecule has 4 nitrogen and oxygen atoms in total. The topological polar surface area (TPSA) is 48.4 Å². The molecule has 0 bridgehead atoms. The van der Waals surface area contributed by atoms with Crippen molar-refractivity contribution in [1.29, 1.82) is 0 Å². The van der Waals surface area contributed by atoms with Crippen molar-refractivity contribution in [2.24, 2.45) is 0 Å². The largest absolute Gasteiger partial charge is 0.492 e. The molecule has 0 radical (unpaired) electrons. The van der Waals surface area contributed by atoms with Crippen LogP contribution in [-0.4, -0.2) is 23.2 Å². The minimum absolute atomic E-state index is 0.131. The van der Waals surface area contributed by atoms with Gasteiger partial charge < -0.3 is 9.47 Å². The fourth-order valence-corrected chi connectivity index (χ4v) is 2.02. The third kappa shape index (κ3) is 3.73. The predicted octanol–water partition coefficient (Wildman–Crippen LogP) is 3.84. The lowest BCUT2D eigenvalue weighted by Crippen LogP contribution is -2.24. The van der Waals surface area contributed by atoms with Crippen molar-refractivity contribution in [2.45, 2.75) is 39.2 Å². The Bertz CT molecular complexity index is 547. The highest BCUT2D eigenvalue weighted by molar-refractivity contribution is 6.32. The summed E-state index contributed by atoms with van der Waals surface area (Å²) in [7, 11) is 0. The number of nitrogens with zero attached hydrogens (tertiary/aromatic N) is 1. The van der Waals surface area contributed by atoms with E-state index in [1.54, 1.807) is 32.9 Å². The molecular weight excluding hydrogens is 278 g/mol. The van der Waals surface area contributed by atoms with Crippen LogP contribution >= 0.6 is 11.6 Å². The molecule has 0 unspecified atom stereocenters. The Kier molecular flexibility index (Phi) is 4.33. The fraction of sp³-hybridized carbons (Fsp3) is 0.467. The molecule has 0 fully saturated rings. The molecule has 1 aliphatic heterocycles. The minimum atomic E-state index is -0.561. The molecule has 5 heteroatoms. The number of carbonyl (C=O) groups excluding carboxylic acids is 1. The van der Waals surface area contributed by atoms with E-state index in [9.17, 15) is 4.79 Å². The molecule has 0 saturated heterocycles. The van der Waals surface area contributed by atoms with Crippen molar-refractivity contribution >= 4 is 23.3 Å². The summed E-state index contributed by atoms with van der Waals surface area (Å²) in [5, 5.41) is 0.131. The summed E-state index contributed by atoms with van der Waals surface area (Å²) in [5.41, 5.74) is 0.345. The van der Waals surface area contributed by atoms with Gasteiger partial charge in [0.15, 0.2) is 0 Å². The molecule has 0 aromatic carbocycles. The first kappa shape index (κ1) is 14.9. The first-order valence-electron chi connectivity index (χ1n) is 6.60. The lowest BCUT2D eigenvalue weighted by atomic mass is 10.1. The van der Waals surface area contributed by atoms with Gasteiger partial charge in [-0.3, -0.25) is 0 Å². The lowest BCUT2D eigenvalue weighted by Gasteiger charge is -2.20. The molecule has 2 rings (SSSR count). The van der Waals surface area contributed by atoms with E-state index in [0.717, 1.165) is 12.8 Å². The van der Waals surface area contributed by atoms with E-state index in [4.69, 9.17) is 21.1 Å². The predicted molar refractivity (Wildman–Crippen MR) is 77.6 cm³/mol. The molecule has 0 amide bonds. The van der Waals surface area contributed by atoms with Crippen molar-refractivity contribution < 1.29 is 14.3 Å². The molecule has 0 saturated carbocycles. The number of hydrogen-bond donors (Lipinski definition) is 0. The minimum Gasteiger partial charge on any atom is -0.492 e. The van der Waals surface area contributed by atoms with Crippen molar-refractivity contribution in [3.05, 3.63) is 34.6 Å². The van der Waals surface area contributed by atoms with Crippen LogP contribution in [0.15, 0.2) is 18.2 Å². The second-order valence-electron chi connectivity index (χ2n) is 5.60. The first-order chi connectivity index (χ1) is 9.37. The Morgan fingerprint density at radius 1 is 1.40 bits per heavy atom. The summed E-state index contributed by atoms with van der Waals surface area (Å²) < 4.78 is 10.8. The molecule has 1 aliphatic rings. The van der Waals surface area contributed by atoms with Gasteiger partial charge in [0.05, 0.1) is 12.2 Å². The van der Waals surface area contributed by atoms with E-state index in [0.29, 0.717) is 18.1 Å². The average Bonchev–Trinajstić information content (AvgIpc) is 2.37. The maximum Gasteiger partial charge on any atom is 0.341 e. The van der Waals surface area contributed by atoms with Crippen molar-refractivity contribution in [3.8, 4) is 0 Å². The number of ether oxygens (including phenoxy) is 2. The summed E-state index contributed by atoms with van der Waals surface area (Å²) in [6, 6.07) is 3.35. The highest BCUT2D eigenvalue weighted by atomic mass is 35.5. The van der Waals surface area contributed by atoms with E-state index in [1.165, 1.54) is 0 Å². The van der Waals surface area contributed by atoms with Crippen LogP contribution in [0.3, 0.4) is 0 Å². The maximum absolute atomic E-state index is 12.0. The molecule has 20 heavy (non-hydrogen) atoms. The van der Waals surface area contributed by atoms with Gasteiger partial charge in [-0.2, -0.15) is 0 Å². The number of halogens is 1. The third-order valence-electron chi connectivity index (χ3n) is 2.66. The van der Waals surface area contributed by atoms with Crippen LogP contribution in [0.1, 0.15) is 49.7 Å². The monoisotopic (exact) mass is 295 g/mol. The van der Waals surface area contributed by atoms with Crippen LogP contribution in [0.4, 0.5) is 0 Å². The highest BCUT2D eigenvalue weighted by Gasteiger charge is 2.21.